The van der Waals surface area contributed by atoms with Crippen LogP contribution in [0.25, 0.3) is 0 Å². The monoisotopic (exact) mass is 289 g/mol. The van der Waals surface area contributed by atoms with Crippen molar-refractivity contribution in [1.29, 1.82) is 0 Å². The van der Waals surface area contributed by atoms with Crippen molar-refractivity contribution >= 4 is 5.91 Å². The van der Waals surface area contributed by atoms with E-state index >= 15 is 0 Å². The van der Waals surface area contributed by atoms with Gasteiger partial charge in [-0.1, -0.05) is 12.5 Å². The van der Waals surface area contributed by atoms with Crippen molar-refractivity contribution in [3.8, 4) is 0 Å². The minimum absolute atomic E-state index is 0.0914. The average Bonchev–Trinajstić information content (AvgIpc) is 2.58. The highest BCUT2D eigenvalue weighted by Crippen LogP contribution is 2.26. The Morgan fingerprint density at radius 1 is 1.38 bits per heavy atom. The zero-order valence-electron chi connectivity index (χ0n) is 12.6. The third-order valence-corrected chi connectivity index (χ3v) is 4.57. The Balaban J connectivity index is 1.70. The molecule has 0 spiro atoms. The van der Waals surface area contributed by atoms with Crippen molar-refractivity contribution in [2.75, 3.05) is 26.7 Å². The molecular weight excluding hydrogens is 266 g/mol. The molecular formula is C16H23N3O2. The number of hydrogen-bond donors (Lipinski definition) is 0. The van der Waals surface area contributed by atoms with E-state index in [1.807, 2.05) is 23.2 Å². The number of methoxy groups -OCH3 is 1. The summed E-state index contributed by atoms with van der Waals surface area (Å²) in [4.78, 5) is 20.9. The van der Waals surface area contributed by atoms with Gasteiger partial charge in [-0.2, -0.15) is 0 Å². The van der Waals surface area contributed by atoms with Crippen molar-refractivity contribution in [3.05, 3.63) is 30.1 Å². The largest absolute Gasteiger partial charge is 0.378 e. The van der Waals surface area contributed by atoms with Gasteiger partial charge in [0.05, 0.1) is 12.6 Å². The van der Waals surface area contributed by atoms with E-state index in [2.05, 4.69) is 9.88 Å². The minimum Gasteiger partial charge on any atom is -0.378 e. The number of carbonyl (C=O) groups excluding carboxylic acids is 1. The first-order chi connectivity index (χ1) is 10.3. The summed E-state index contributed by atoms with van der Waals surface area (Å²) in [6.07, 6.45) is 7.38. The number of pyridine rings is 1. The Labute approximate surface area is 125 Å². The van der Waals surface area contributed by atoms with Gasteiger partial charge in [-0.25, -0.2) is 0 Å². The summed E-state index contributed by atoms with van der Waals surface area (Å²) in [5.41, 5.74) is 1.07. The molecule has 1 saturated heterocycles. The first kappa shape index (κ1) is 14.5. The third kappa shape index (κ3) is 3.41. The standard InChI is InChI=1S/C16H23N3O2/c1-21-15-10-18(14-5-2-6-14)12-16(20)19(11-15)9-13-4-3-7-17-8-13/h3-4,7-8,14-15H,2,5-6,9-12H2,1H3. The summed E-state index contributed by atoms with van der Waals surface area (Å²) in [6.45, 7) is 2.65. The maximum atomic E-state index is 12.5. The van der Waals surface area contributed by atoms with Gasteiger partial charge in [0.1, 0.15) is 0 Å². The maximum Gasteiger partial charge on any atom is 0.237 e. The van der Waals surface area contributed by atoms with Crippen molar-refractivity contribution < 1.29 is 9.53 Å². The summed E-state index contributed by atoms with van der Waals surface area (Å²) in [6, 6.07) is 4.49. The highest BCUT2D eigenvalue weighted by molar-refractivity contribution is 5.78. The van der Waals surface area contributed by atoms with Crippen LogP contribution < -0.4 is 0 Å². The van der Waals surface area contributed by atoms with Crippen molar-refractivity contribution in [2.24, 2.45) is 0 Å². The van der Waals surface area contributed by atoms with Crippen LogP contribution in [0.4, 0.5) is 0 Å². The van der Waals surface area contributed by atoms with Gasteiger partial charge in [0.25, 0.3) is 0 Å². The van der Waals surface area contributed by atoms with E-state index < -0.39 is 0 Å². The fourth-order valence-corrected chi connectivity index (χ4v) is 3.05. The molecule has 0 aromatic carbocycles. The lowest BCUT2D eigenvalue weighted by Crippen LogP contribution is -2.45. The predicted octanol–water partition coefficient (Wildman–Crippen LogP) is 1.29. The summed E-state index contributed by atoms with van der Waals surface area (Å²) in [5.74, 6) is 0.199. The first-order valence-corrected chi connectivity index (χ1v) is 7.70. The zero-order chi connectivity index (χ0) is 14.7. The molecule has 5 nitrogen and oxygen atoms in total. The molecule has 1 aliphatic carbocycles. The molecule has 3 rings (SSSR count). The summed E-state index contributed by atoms with van der Waals surface area (Å²) in [7, 11) is 1.74. The highest BCUT2D eigenvalue weighted by atomic mass is 16.5. The molecule has 2 aliphatic rings. The number of carbonyl (C=O) groups is 1. The average molecular weight is 289 g/mol. The van der Waals surface area contributed by atoms with E-state index in [-0.39, 0.29) is 12.0 Å². The second-order valence-corrected chi connectivity index (χ2v) is 6.01. The van der Waals surface area contributed by atoms with E-state index in [0.29, 0.717) is 25.7 Å². The van der Waals surface area contributed by atoms with Gasteiger partial charge in [0.15, 0.2) is 0 Å². The first-order valence-electron chi connectivity index (χ1n) is 7.70. The Morgan fingerprint density at radius 3 is 2.86 bits per heavy atom. The summed E-state index contributed by atoms with van der Waals surface area (Å²) in [5, 5.41) is 0. The molecule has 1 amide bonds. The molecule has 1 aromatic heterocycles. The van der Waals surface area contributed by atoms with Gasteiger partial charge in [-0.05, 0) is 24.5 Å². The number of aromatic nitrogens is 1. The molecule has 0 radical (unpaired) electrons. The molecule has 21 heavy (non-hydrogen) atoms. The lowest BCUT2D eigenvalue weighted by molar-refractivity contribution is -0.132. The van der Waals surface area contributed by atoms with Gasteiger partial charge >= 0.3 is 0 Å². The molecule has 1 atom stereocenters. The van der Waals surface area contributed by atoms with Gasteiger partial charge in [0.2, 0.25) is 5.91 Å². The van der Waals surface area contributed by atoms with E-state index in [1.54, 1.807) is 13.3 Å². The van der Waals surface area contributed by atoms with Gasteiger partial charge in [-0.15, -0.1) is 0 Å². The number of nitrogens with zero attached hydrogens (tertiary/aromatic N) is 3. The van der Waals surface area contributed by atoms with Crippen LogP contribution in [0.1, 0.15) is 24.8 Å². The number of rotatable bonds is 4. The number of amides is 1. The normalized spacial score (nSPS) is 24.7. The topological polar surface area (TPSA) is 45.7 Å². The van der Waals surface area contributed by atoms with Crippen LogP contribution in [0.2, 0.25) is 0 Å². The molecule has 1 saturated carbocycles. The van der Waals surface area contributed by atoms with Crippen molar-refractivity contribution in [1.82, 2.24) is 14.8 Å². The van der Waals surface area contributed by atoms with Crippen molar-refractivity contribution in [3.63, 3.8) is 0 Å². The van der Waals surface area contributed by atoms with Gasteiger partial charge in [-0.3, -0.25) is 14.7 Å². The molecule has 1 aliphatic heterocycles. The summed E-state index contributed by atoms with van der Waals surface area (Å²) < 4.78 is 5.59. The molecule has 1 aromatic rings. The summed E-state index contributed by atoms with van der Waals surface area (Å²) >= 11 is 0. The van der Waals surface area contributed by atoms with Gasteiger partial charge < -0.3 is 9.64 Å². The molecule has 2 heterocycles. The maximum absolute atomic E-state index is 12.5. The number of hydrogen-bond acceptors (Lipinski definition) is 4. The fraction of sp³-hybridized carbons (Fsp3) is 0.625. The van der Waals surface area contributed by atoms with Crippen LogP contribution in [0.15, 0.2) is 24.5 Å². The lowest BCUT2D eigenvalue weighted by Gasteiger charge is -2.37. The molecule has 0 bridgehead atoms. The van der Waals surface area contributed by atoms with Crippen LogP contribution >= 0.6 is 0 Å². The third-order valence-electron chi connectivity index (χ3n) is 4.57. The molecule has 114 valence electrons. The van der Waals surface area contributed by atoms with Crippen molar-refractivity contribution in [2.45, 2.75) is 38.0 Å². The fourth-order valence-electron chi connectivity index (χ4n) is 3.05. The Hall–Kier alpha value is -1.46. The minimum atomic E-state index is 0.0914. The van der Waals surface area contributed by atoms with Gasteiger partial charge in [0, 0.05) is 45.2 Å². The SMILES string of the molecule is COC1CN(Cc2cccnc2)C(=O)CN(C2CCC2)C1. The number of ether oxygens (including phenoxy) is 1. The quantitative estimate of drug-likeness (QED) is 0.838. The van der Waals surface area contributed by atoms with E-state index in [9.17, 15) is 4.79 Å². The molecule has 1 unspecified atom stereocenters. The lowest BCUT2D eigenvalue weighted by atomic mass is 9.91. The van der Waals surface area contributed by atoms with Crippen LogP contribution in [-0.4, -0.2) is 59.6 Å². The Morgan fingerprint density at radius 2 is 2.24 bits per heavy atom. The van der Waals surface area contributed by atoms with Crippen LogP contribution in [0, 0.1) is 0 Å². The second kappa shape index (κ2) is 6.54. The van der Waals surface area contributed by atoms with E-state index in [0.717, 1.165) is 12.1 Å². The molecule has 2 fully saturated rings. The van der Waals surface area contributed by atoms with Crippen LogP contribution in [0.3, 0.4) is 0 Å². The second-order valence-electron chi connectivity index (χ2n) is 6.01. The predicted molar refractivity (Wildman–Crippen MR) is 79.7 cm³/mol. The van der Waals surface area contributed by atoms with E-state index in [1.165, 1.54) is 19.3 Å². The smallest absolute Gasteiger partial charge is 0.237 e. The van der Waals surface area contributed by atoms with Crippen LogP contribution in [-0.2, 0) is 16.1 Å². The molecule has 0 N–H and O–H groups in total. The molecule has 5 heteroatoms. The Bertz CT molecular complexity index is 476. The van der Waals surface area contributed by atoms with E-state index in [4.69, 9.17) is 4.74 Å². The van der Waals surface area contributed by atoms with Crippen LogP contribution in [0.5, 0.6) is 0 Å². The highest BCUT2D eigenvalue weighted by Gasteiger charge is 2.33. The Kier molecular flexibility index (Phi) is 4.51. The zero-order valence-corrected chi connectivity index (χ0v) is 12.6.